The van der Waals surface area contributed by atoms with E-state index in [0.717, 1.165) is 17.7 Å². The molecule has 1 unspecified atom stereocenters. The van der Waals surface area contributed by atoms with Gasteiger partial charge >= 0.3 is 0 Å². The van der Waals surface area contributed by atoms with Crippen molar-refractivity contribution in [3.63, 3.8) is 0 Å². The Kier molecular flexibility index (Phi) is 11.9. The van der Waals surface area contributed by atoms with Crippen molar-refractivity contribution < 1.29 is 46.7 Å². The maximum atomic E-state index is 14.0. The largest absolute Gasteiger partial charge is 0.444 e. The van der Waals surface area contributed by atoms with Crippen LogP contribution in [-0.2, 0) is 20.7 Å². The third kappa shape index (κ3) is 9.13. The van der Waals surface area contributed by atoms with E-state index in [-0.39, 0.29) is 53.4 Å². The molecule has 1 saturated heterocycles. The molecule has 1 atom stereocenters. The molecule has 1 saturated carbocycles. The summed E-state index contributed by atoms with van der Waals surface area (Å²) in [6, 6.07) is 13.6. The Morgan fingerprint density at radius 1 is 0.984 bits per heavy atom. The summed E-state index contributed by atoms with van der Waals surface area (Å²) in [5.74, 6) is -1.68. The highest BCUT2D eigenvalue weighted by Crippen LogP contribution is 2.32. The number of nitrogens with zero attached hydrogens (tertiary/aromatic N) is 5. The summed E-state index contributed by atoms with van der Waals surface area (Å²) in [7, 11) is 0. The fraction of sp³-hybridized carbons (Fsp3) is 0.326. The van der Waals surface area contributed by atoms with E-state index in [1.807, 2.05) is 0 Å². The molecule has 1 aliphatic carbocycles. The van der Waals surface area contributed by atoms with Gasteiger partial charge in [0.25, 0.3) is 24.1 Å². The Bertz CT molecular complexity index is 2510. The number of halogens is 2. The maximum absolute atomic E-state index is 14.0. The molecule has 2 aromatic carbocycles. The molecule has 3 aromatic heterocycles. The van der Waals surface area contributed by atoms with Crippen molar-refractivity contribution in [2.45, 2.75) is 63.8 Å². The predicted octanol–water partition coefficient (Wildman–Crippen LogP) is 5.95. The molecule has 0 bridgehead atoms. The van der Waals surface area contributed by atoms with E-state index < -0.39 is 47.7 Å². The van der Waals surface area contributed by atoms with Crippen molar-refractivity contribution in [3.8, 4) is 17.1 Å². The van der Waals surface area contributed by atoms with Crippen LogP contribution >= 0.6 is 0 Å². The van der Waals surface area contributed by atoms with Crippen LogP contribution in [0.3, 0.4) is 0 Å². The molecule has 5 aromatic rings. The first-order valence-electron chi connectivity index (χ1n) is 19.9. The van der Waals surface area contributed by atoms with Gasteiger partial charge in [-0.3, -0.25) is 39.0 Å². The number of hydrogen-bond donors (Lipinski definition) is 3. The lowest BCUT2D eigenvalue weighted by Crippen LogP contribution is -2.54. The van der Waals surface area contributed by atoms with Crippen molar-refractivity contribution in [3.05, 3.63) is 107 Å². The number of hydrogen-bond acceptors (Lipinski definition) is 12. The number of carbonyl (C=O) groups excluding carboxylic acids is 6. The van der Waals surface area contributed by atoms with Crippen molar-refractivity contribution >= 4 is 46.8 Å². The monoisotopic (exact) mass is 834 g/mol. The number of fused-ring (bicyclic) bond motifs is 1. The molecule has 0 spiro atoms. The number of ketones is 1. The molecule has 2 fully saturated rings. The zero-order chi connectivity index (χ0) is 42.6. The minimum atomic E-state index is -3.00. The lowest BCUT2D eigenvalue weighted by atomic mass is 9.99. The number of nitrogens with one attached hydrogen (secondary N) is 3. The lowest BCUT2D eigenvalue weighted by Gasteiger charge is -2.27. The second kappa shape index (κ2) is 17.7. The van der Waals surface area contributed by atoms with Gasteiger partial charge in [0.15, 0.2) is 17.2 Å². The minimum Gasteiger partial charge on any atom is -0.444 e. The summed E-state index contributed by atoms with van der Waals surface area (Å²) in [5, 5.41) is 11.9. The number of ether oxygens (including phenoxy) is 1. The van der Waals surface area contributed by atoms with Crippen LogP contribution in [0, 0.1) is 5.92 Å². The van der Waals surface area contributed by atoms with E-state index in [1.165, 1.54) is 23.7 Å². The van der Waals surface area contributed by atoms with Gasteiger partial charge in [-0.05, 0) is 92.5 Å². The van der Waals surface area contributed by atoms with Gasteiger partial charge < -0.3 is 19.8 Å². The maximum Gasteiger partial charge on any atom is 0.284 e. The number of pyridine rings is 1. The molecular weight excluding hydrogens is 795 g/mol. The number of benzene rings is 2. The minimum absolute atomic E-state index is 0.0387. The second-order valence-corrected chi connectivity index (χ2v) is 15.0. The average Bonchev–Trinajstić information content (AvgIpc) is 3.66. The summed E-state index contributed by atoms with van der Waals surface area (Å²) in [6.07, 6.45) is 5.08. The first-order chi connectivity index (χ1) is 29.5. The molecule has 61 heavy (non-hydrogen) atoms. The van der Waals surface area contributed by atoms with E-state index in [1.54, 1.807) is 60.8 Å². The van der Waals surface area contributed by atoms with Crippen LogP contribution in [0.2, 0.25) is 0 Å². The van der Waals surface area contributed by atoms with Crippen LogP contribution in [0.15, 0.2) is 77.7 Å². The number of oxazole rings is 1. The number of aromatic nitrogens is 4. The van der Waals surface area contributed by atoms with Gasteiger partial charge in [-0.15, -0.1) is 0 Å². The van der Waals surface area contributed by atoms with E-state index in [2.05, 4.69) is 31.0 Å². The summed E-state index contributed by atoms with van der Waals surface area (Å²) >= 11 is 0. The summed E-state index contributed by atoms with van der Waals surface area (Å²) in [4.78, 5) is 85.9. The molecule has 0 radical (unpaired) electrons. The topological polar surface area (TPSA) is 208 Å². The van der Waals surface area contributed by atoms with Gasteiger partial charge in [-0.1, -0.05) is 12.1 Å². The van der Waals surface area contributed by atoms with Gasteiger partial charge in [0.1, 0.15) is 18.1 Å². The van der Waals surface area contributed by atoms with Crippen LogP contribution in [0.4, 0.5) is 20.3 Å². The highest BCUT2D eigenvalue weighted by atomic mass is 19.3. The number of amides is 5. The third-order valence-corrected chi connectivity index (χ3v) is 10.6. The Balaban J connectivity index is 0.797. The van der Waals surface area contributed by atoms with Crippen LogP contribution in [0.25, 0.3) is 17.1 Å². The summed E-state index contributed by atoms with van der Waals surface area (Å²) in [5.41, 5.74) is 1.54. The fourth-order valence-electron chi connectivity index (χ4n) is 7.24. The molecule has 2 aliphatic heterocycles. The van der Waals surface area contributed by atoms with Gasteiger partial charge in [0.2, 0.25) is 17.7 Å². The molecular formula is C43H40F2N8O8. The normalized spacial score (nSPS) is 16.2. The van der Waals surface area contributed by atoms with Gasteiger partial charge in [0, 0.05) is 49.9 Å². The zero-order valence-corrected chi connectivity index (χ0v) is 32.7. The Morgan fingerprint density at radius 2 is 1.79 bits per heavy atom. The molecule has 5 amide bonds. The molecule has 8 rings (SSSR count). The number of rotatable bonds is 18. The molecule has 16 nitrogen and oxygen atoms in total. The zero-order valence-electron chi connectivity index (χ0n) is 32.7. The third-order valence-electron chi connectivity index (χ3n) is 10.6. The number of alkyl halides is 2. The van der Waals surface area contributed by atoms with Crippen LogP contribution in [0.5, 0.6) is 0 Å². The van der Waals surface area contributed by atoms with Crippen molar-refractivity contribution in [1.82, 2.24) is 30.0 Å². The standard InChI is InChI=1S/C43H40F2N8O8/c44-38(45)37-30(48-39(56)31-23-61-41(49-31)27-16-17-46-34(20-27)47-21-24-8-9-24)22-52(51-37)28-12-10-25(11-13-28)33(54)7-3-19-60-18-2-5-26-4-1-6-29-36(26)43(59)53(42(29)58)32-14-15-35(55)50-40(32)57/h1,4,6,10-13,16-17,20,22-24,32,38H,2-3,5,7-9,14-15,18-19,21H2,(H,46,47)(H,48,56)(H,50,55,57). The summed E-state index contributed by atoms with van der Waals surface area (Å²) in [6.45, 7) is 1.45. The van der Waals surface area contributed by atoms with Crippen LogP contribution in [-0.4, -0.2) is 85.8 Å². The van der Waals surface area contributed by atoms with E-state index in [0.29, 0.717) is 66.6 Å². The van der Waals surface area contributed by atoms with Crippen molar-refractivity contribution in [2.24, 2.45) is 5.92 Å². The van der Waals surface area contributed by atoms with Gasteiger partial charge in [-0.2, -0.15) is 5.10 Å². The smallest absolute Gasteiger partial charge is 0.284 e. The molecule has 3 aliphatic rings. The predicted molar refractivity (Wildman–Crippen MR) is 213 cm³/mol. The van der Waals surface area contributed by atoms with Crippen molar-refractivity contribution in [2.75, 3.05) is 30.4 Å². The Hall–Kier alpha value is -6.95. The number of piperidine rings is 1. The number of anilines is 2. The molecule has 18 heteroatoms. The quantitative estimate of drug-likeness (QED) is 0.0532. The Morgan fingerprint density at radius 3 is 2.56 bits per heavy atom. The molecule has 314 valence electrons. The number of imide groups is 2. The van der Waals surface area contributed by atoms with E-state index in [4.69, 9.17) is 9.15 Å². The fourth-order valence-corrected chi connectivity index (χ4v) is 7.24. The first kappa shape index (κ1) is 40.8. The van der Waals surface area contributed by atoms with Crippen LogP contribution in [0.1, 0.15) is 104 Å². The number of Topliss-reactive ketones (excluding diaryl/α,β-unsaturated/α-hetero) is 1. The SMILES string of the molecule is O=C1CCC(N2C(=O)c3cccc(CCCOCCCC(=O)c4ccc(-n5cc(NC(=O)c6coc(-c7ccnc(NCC8CC8)c7)n6)c(C(F)F)n5)cc4)c3C2=O)C(=O)N1. The van der Waals surface area contributed by atoms with Gasteiger partial charge in [-0.25, -0.2) is 23.4 Å². The highest BCUT2D eigenvalue weighted by Gasteiger charge is 2.45. The summed E-state index contributed by atoms with van der Waals surface area (Å²) < 4.78 is 40.5. The molecule has 5 heterocycles. The second-order valence-electron chi connectivity index (χ2n) is 15.0. The van der Waals surface area contributed by atoms with E-state index >= 15 is 0 Å². The van der Waals surface area contributed by atoms with Crippen LogP contribution < -0.4 is 16.0 Å². The first-order valence-corrected chi connectivity index (χ1v) is 19.9. The Labute approximate surface area is 347 Å². The molecule has 3 N–H and O–H groups in total. The highest BCUT2D eigenvalue weighted by molar-refractivity contribution is 6.24. The van der Waals surface area contributed by atoms with Crippen molar-refractivity contribution in [1.29, 1.82) is 0 Å². The van der Waals surface area contributed by atoms with E-state index in [9.17, 15) is 37.5 Å². The lowest BCUT2D eigenvalue weighted by molar-refractivity contribution is -0.136. The average molecular weight is 835 g/mol. The number of carbonyl (C=O) groups is 6. The van der Waals surface area contributed by atoms with Gasteiger partial charge in [0.05, 0.1) is 28.7 Å². The number of aryl methyl sites for hydroxylation is 1.